The molecule has 0 fully saturated rings. The predicted molar refractivity (Wildman–Crippen MR) is 104 cm³/mol. The number of amides is 1. The lowest BCUT2D eigenvalue weighted by atomic mass is 9.77. The van der Waals surface area contributed by atoms with Crippen molar-refractivity contribution in [3.8, 4) is 11.5 Å². The average Bonchev–Trinajstić information content (AvgIpc) is 3.35. The van der Waals surface area contributed by atoms with E-state index >= 15 is 0 Å². The quantitative estimate of drug-likeness (QED) is 0.729. The molecule has 0 unspecified atom stereocenters. The Morgan fingerprint density at radius 2 is 1.86 bits per heavy atom. The van der Waals surface area contributed by atoms with Crippen molar-refractivity contribution in [1.29, 1.82) is 0 Å². The topological polar surface area (TPSA) is 73.6 Å². The summed E-state index contributed by atoms with van der Waals surface area (Å²) in [6, 6.07) is 15.6. The molecule has 0 spiro atoms. The van der Waals surface area contributed by atoms with E-state index in [1.54, 1.807) is 20.3 Å². The lowest BCUT2D eigenvalue weighted by Gasteiger charge is -2.27. The van der Waals surface area contributed by atoms with Gasteiger partial charge in [-0.25, -0.2) is 0 Å². The summed E-state index contributed by atoms with van der Waals surface area (Å²) in [6.45, 7) is 2.19. The average molecular weight is 378 g/mol. The first kappa shape index (κ1) is 18.1. The van der Waals surface area contributed by atoms with Crippen LogP contribution in [0.2, 0.25) is 0 Å². The third kappa shape index (κ3) is 2.91. The number of carbonyl (C=O) groups excluding carboxylic acids is 1. The molecule has 1 aliphatic rings. The zero-order valence-corrected chi connectivity index (χ0v) is 16.1. The van der Waals surface area contributed by atoms with Crippen molar-refractivity contribution in [2.75, 3.05) is 14.2 Å². The van der Waals surface area contributed by atoms with Crippen LogP contribution in [0.3, 0.4) is 0 Å². The van der Waals surface area contributed by atoms with E-state index in [4.69, 9.17) is 14.0 Å². The molecule has 4 rings (SSSR count). The van der Waals surface area contributed by atoms with Crippen molar-refractivity contribution in [3.63, 3.8) is 0 Å². The van der Waals surface area contributed by atoms with Crippen LogP contribution in [0.25, 0.3) is 0 Å². The fourth-order valence-electron chi connectivity index (χ4n) is 4.06. The Labute approximate surface area is 163 Å². The molecule has 0 bridgehead atoms. The molecule has 1 amide bonds. The Morgan fingerprint density at radius 3 is 2.50 bits per heavy atom. The van der Waals surface area contributed by atoms with E-state index < -0.39 is 0 Å². The van der Waals surface area contributed by atoms with E-state index in [1.165, 1.54) is 11.8 Å². The van der Waals surface area contributed by atoms with Gasteiger partial charge in [-0.3, -0.25) is 4.79 Å². The molecule has 0 saturated heterocycles. The fraction of sp³-hybridized carbons (Fsp3) is 0.273. The van der Waals surface area contributed by atoms with E-state index in [0.717, 1.165) is 11.1 Å². The van der Waals surface area contributed by atoms with Gasteiger partial charge < -0.3 is 19.3 Å². The van der Waals surface area contributed by atoms with Crippen LogP contribution in [0, 0.1) is 0 Å². The largest absolute Gasteiger partial charge is 0.493 e. The molecule has 1 heterocycles. The zero-order valence-electron chi connectivity index (χ0n) is 16.1. The normalized spacial score (nSPS) is 20.5. The molecule has 1 aromatic heterocycles. The Hall–Kier alpha value is -3.28. The van der Waals surface area contributed by atoms with Gasteiger partial charge in [0, 0.05) is 11.5 Å². The van der Waals surface area contributed by atoms with Crippen molar-refractivity contribution < 1.29 is 18.8 Å². The fourth-order valence-corrected chi connectivity index (χ4v) is 4.06. The van der Waals surface area contributed by atoms with Crippen LogP contribution in [0.15, 0.2) is 59.3 Å². The predicted octanol–water partition coefficient (Wildman–Crippen LogP) is 3.87. The van der Waals surface area contributed by atoms with E-state index in [-0.39, 0.29) is 23.1 Å². The molecule has 3 aromatic rings. The van der Waals surface area contributed by atoms with Gasteiger partial charge in [-0.1, -0.05) is 42.4 Å². The number of carbonyl (C=O) groups is 1. The van der Waals surface area contributed by atoms with Crippen LogP contribution in [0.5, 0.6) is 11.5 Å². The Morgan fingerprint density at radius 1 is 1.14 bits per heavy atom. The minimum atomic E-state index is -0.291. The monoisotopic (exact) mass is 378 g/mol. The van der Waals surface area contributed by atoms with Crippen molar-refractivity contribution in [3.05, 3.63) is 77.2 Å². The third-order valence-corrected chi connectivity index (χ3v) is 5.52. The number of nitrogens with one attached hydrogen (secondary N) is 1. The highest BCUT2D eigenvalue weighted by Gasteiger charge is 2.43. The number of hydrogen-bond donors (Lipinski definition) is 1. The van der Waals surface area contributed by atoms with Gasteiger partial charge in [0.05, 0.1) is 26.5 Å². The maximum atomic E-state index is 12.6. The second-order valence-electron chi connectivity index (χ2n) is 7.10. The highest BCUT2D eigenvalue weighted by molar-refractivity contribution is 5.91. The Kier molecular flexibility index (Phi) is 4.55. The number of fused-ring (bicyclic) bond motifs is 1. The minimum Gasteiger partial charge on any atom is -0.493 e. The van der Waals surface area contributed by atoms with Gasteiger partial charge in [-0.15, -0.1) is 0 Å². The van der Waals surface area contributed by atoms with E-state index in [9.17, 15) is 4.79 Å². The van der Waals surface area contributed by atoms with Crippen molar-refractivity contribution in [2.24, 2.45) is 0 Å². The molecule has 6 nitrogen and oxygen atoms in total. The lowest BCUT2D eigenvalue weighted by Crippen LogP contribution is -2.29. The standard InChI is InChI=1S/C22H22N2O4/c1-22(14-7-5-4-6-8-14)13-17(24-21(25)18-9-10-23-28-18)15-11-19(26-2)20(27-3)12-16(15)22/h4-12,17H,13H2,1-3H3,(H,24,25)/t17-,22-/m0/s1. The van der Waals surface area contributed by atoms with Crippen LogP contribution in [0.1, 0.15) is 46.6 Å². The third-order valence-electron chi connectivity index (χ3n) is 5.52. The maximum absolute atomic E-state index is 12.6. The summed E-state index contributed by atoms with van der Waals surface area (Å²) < 4.78 is 16.0. The summed E-state index contributed by atoms with van der Waals surface area (Å²) in [5, 5.41) is 6.70. The SMILES string of the molecule is COc1cc2c(cc1OC)[C@](C)(c1ccccc1)C[C@@H]2NC(=O)c1ccno1. The maximum Gasteiger partial charge on any atom is 0.290 e. The van der Waals surface area contributed by atoms with Crippen molar-refractivity contribution >= 4 is 5.91 Å². The molecule has 28 heavy (non-hydrogen) atoms. The van der Waals surface area contributed by atoms with Crippen molar-refractivity contribution in [1.82, 2.24) is 10.5 Å². The van der Waals surface area contributed by atoms with Crippen molar-refractivity contribution in [2.45, 2.75) is 24.8 Å². The number of benzene rings is 2. The van der Waals surface area contributed by atoms with E-state index in [1.807, 2.05) is 30.3 Å². The van der Waals surface area contributed by atoms with Crippen LogP contribution >= 0.6 is 0 Å². The molecule has 6 heteroatoms. The van der Waals surface area contributed by atoms with Gasteiger partial charge >= 0.3 is 0 Å². The Bertz CT molecular complexity index is 985. The highest BCUT2D eigenvalue weighted by atomic mass is 16.5. The number of hydrogen-bond acceptors (Lipinski definition) is 5. The van der Waals surface area contributed by atoms with Crippen LogP contribution in [-0.4, -0.2) is 25.3 Å². The number of ether oxygens (including phenoxy) is 2. The van der Waals surface area contributed by atoms with Crippen LogP contribution in [-0.2, 0) is 5.41 Å². The molecule has 2 aromatic carbocycles. The molecular weight excluding hydrogens is 356 g/mol. The number of nitrogens with zero attached hydrogens (tertiary/aromatic N) is 1. The summed E-state index contributed by atoms with van der Waals surface area (Å²) >= 11 is 0. The summed E-state index contributed by atoms with van der Waals surface area (Å²) in [5.74, 6) is 1.21. The molecule has 144 valence electrons. The van der Waals surface area contributed by atoms with Gasteiger partial charge in [-0.05, 0) is 35.2 Å². The molecule has 1 aliphatic carbocycles. The van der Waals surface area contributed by atoms with Gasteiger partial charge in [-0.2, -0.15) is 0 Å². The van der Waals surface area contributed by atoms with Gasteiger partial charge in [0.1, 0.15) is 0 Å². The first-order chi connectivity index (χ1) is 13.6. The van der Waals surface area contributed by atoms with Crippen LogP contribution < -0.4 is 14.8 Å². The van der Waals surface area contributed by atoms with E-state index in [0.29, 0.717) is 17.9 Å². The number of aromatic nitrogens is 1. The summed E-state index contributed by atoms with van der Waals surface area (Å²) in [6.07, 6.45) is 2.17. The van der Waals surface area contributed by atoms with Gasteiger partial charge in [0.25, 0.3) is 5.91 Å². The smallest absolute Gasteiger partial charge is 0.290 e. The first-order valence-corrected chi connectivity index (χ1v) is 9.10. The molecular formula is C22H22N2O4. The number of rotatable bonds is 5. The zero-order chi connectivity index (χ0) is 19.7. The highest BCUT2D eigenvalue weighted by Crippen LogP contribution is 2.51. The van der Waals surface area contributed by atoms with Gasteiger partial charge in [0.15, 0.2) is 11.5 Å². The van der Waals surface area contributed by atoms with Gasteiger partial charge in [0.2, 0.25) is 5.76 Å². The lowest BCUT2D eigenvalue weighted by molar-refractivity contribution is 0.0897. The molecule has 0 aliphatic heterocycles. The Balaban J connectivity index is 1.80. The van der Waals surface area contributed by atoms with E-state index in [2.05, 4.69) is 29.5 Å². The first-order valence-electron chi connectivity index (χ1n) is 9.10. The summed E-state index contributed by atoms with van der Waals surface area (Å²) in [4.78, 5) is 12.6. The molecule has 1 N–H and O–H groups in total. The molecule has 0 radical (unpaired) electrons. The van der Waals surface area contributed by atoms with Crippen LogP contribution in [0.4, 0.5) is 0 Å². The molecule has 2 atom stereocenters. The molecule has 0 saturated carbocycles. The second kappa shape index (κ2) is 7.03. The summed E-state index contributed by atoms with van der Waals surface area (Å²) in [7, 11) is 3.24. The second-order valence-corrected chi connectivity index (χ2v) is 7.10. The number of methoxy groups -OCH3 is 2. The summed E-state index contributed by atoms with van der Waals surface area (Å²) in [5.41, 5.74) is 3.02. The minimum absolute atomic E-state index is 0.190.